The van der Waals surface area contributed by atoms with Gasteiger partial charge >= 0.3 is 0 Å². The van der Waals surface area contributed by atoms with Crippen LogP contribution in [0.15, 0.2) is 83.9 Å². The van der Waals surface area contributed by atoms with Crippen molar-refractivity contribution in [1.29, 1.82) is 0 Å². The second kappa shape index (κ2) is 10.9. The molecule has 3 N–H and O–H groups in total. The van der Waals surface area contributed by atoms with E-state index in [4.69, 9.17) is 15.2 Å². The molecule has 1 heterocycles. The minimum absolute atomic E-state index is 0. The summed E-state index contributed by atoms with van der Waals surface area (Å²) in [6.45, 7) is 1.64. The number of hydrogen-bond acceptors (Lipinski definition) is 3. The van der Waals surface area contributed by atoms with E-state index in [1.165, 1.54) is 0 Å². The topological polar surface area (TPSA) is 68.9 Å². The van der Waals surface area contributed by atoms with Gasteiger partial charge in [-0.3, -0.25) is 0 Å². The molecule has 4 rings (SSSR count). The molecule has 0 aliphatic carbocycles. The lowest BCUT2D eigenvalue weighted by Crippen LogP contribution is -2.37. The third kappa shape index (κ3) is 5.66. The number of benzene rings is 3. The Morgan fingerprint density at radius 1 is 1.00 bits per heavy atom. The van der Waals surface area contributed by atoms with Gasteiger partial charge in [-0.1, -0.05) is 66.7 Å². The normalized spacial score (nSPS) is 15.3. The van der Waals surface area contributed by atoms with Crippen LogP contribution in [0.4, 0.5) is 0 Å². The van der Waals surface area contributed by atoms with Gasteiger partial charge in [0.05, 0.1) is 19.2 Å². The third-order valence-electron chi connectivity index (χ3n) is 4.91. The van der Waals surface area contributed by atoms with Crippen LogP contribution in [0.25, 0.3) is 0 Å². The number of aliphatic imine (C=N–C) groups is 1. The fourth-order valence-corrected chi connectivity index (χ4v) is 3.40. The first-order valence-corrected chi connectivity index (χ1v) is 9.82. The Labute approximate surface area is 194 Å². The molecule has 1 aliphatic heterocycles. The summed E-state index contributed by atoms with van der Waals surface area (Å²) in [5, 5.41) is 3.33. The molecule has 0 bridgehead atoms. The van der Waals surface area contributed by atoms with E-state index in [2.05, 4.69) is 28.5 Å². The van der Waals surface area contributed by atoms with E-state index < -0.39 is 0 Å². The Balaban J connectivity index is 0.00000256. The maximum atomic E-state index is 6.18. The van der Waals surface area contributed by atoms with Gasteiger partial charge in [0.2, 0.25) is 0 Å². The molecule has 0 amide bonds. The predicted octanol–water partition coefficient (Wildman–Crippen LogP) is 4.81. The van der Waals surface area contributed by atoms with Crippen molar-refractivity contribution >= 4 is 29.9 Å². The lowest BCUT2D eigenvalue weighted by Gasteiger charge is -2.27. The number of halogens is 1. The molecular formula is C24H26IN3O2. The Hall–Kier alpha value is -2.74. The minimum atomic E-state index is 0. The van der Waals surface area contributed by atoms with Gasteiger partial charge in [-0.2, -0.15) is 0 Å². The quantitative estimate of drug-likeness (QED) is 0.281. The van der Waals surface area contributed by atoms with E-state index in [9.17, 15) is 0 Å². The molecule has 3 aromatic rings. The second-order valence-corrected chi connectivity index (χ2v) is 6.96. The van der Waals surface area contributed by atoms with Gasteiger partial charge in [0.1, 0.15) is 18.1 Å². The fraction of sp³-hybridized carbons (Fsp3) is 0.208. The van der Waals surface area contributed by atoms with E-state index in [-0.39, 0.29) is 30.0 Å². The smallest absolute Gasteiger partial charge is 0.189 e. The molecule has 1 aliphatic rings. The number of guanidine groups is 1. The van der Waals surface area contributed by atoms with Crippen molar-refractivity contribution in [2.75, 3.05) is 6.61 Å². The van der Waals surface area contributed by atoms with Crippen LogP contribution >= 0.6 is 24.0 Å². The van der Waals surface area contributed by atoms with E-state index in [1.54, 1.807) is 0 Å². The molecule has 0 spiro atoms. The van der Waals surface area contributed by atoms with Gasteiger partial charge in [0.25, 0.3) is 0 Å². The van der Waals surface area contributed by atoms with E-state index in [1.807, 2.05) is 60.7 Å². The first kappa shape index (κ1) is 22.0. The summed E-state index contributed by atoms with van der Waals surface area (Å²) in [5.74, 6) is 2.15. The van der Waals surface area contributed by atoms with E-state index in [0.717, 1.165) is 34.6 Å². The molecule has 5 nitrogen and oxygen atoms in total. The number of fused-ring (bicyclic) bond motifs is 1. The Bertz CT molecular complexity index is 979. The zero-order valence-electron chi connectivity index (χ0n) is 16.7. The van der Waals surface area contributed by atoms with Gasteiger partial charge in [0, 0.05) is 17.5 Å². The lowest BCUT2D eigenvalue weighted by atomic mass is 10.0. The van der Waals surface area contributed by atoms with Crippen molar-refractivity contribution in [1.82, 2.24) is 5.32 Å². The van der Waals surface area contributed by atoms with Crippen LogP contribution in [0.5, 0.6) is 11.5 Å². The standard InChI is InChI=1S/C24H25N3O2.HI/c25-24(27-21-14-15-28-23-13-7-5-11-20(21)23)26-16-19-10-4-6-12-22(19)29-17-18-8-2-1-3-9-18;/h1-13,21H,14-17H2,(H3,25,26,27);1H. The first-order chi connectivity index (χ1) is 14.3. The van der Waals surface area contributed by atoms with E-state index >= 15 is 0 Å². The highest BCUT2D eigenvalue weighted by Gasteiger charge is 2.21. The molecule has 0 saturated carbocycles. The summed E-state index contributed by atoms with van der Waals surface area (Å²) in [6, 6.07) is 26.2. The molecule has 156 valence electrons. The predicted molar refractivity (Wildman–Crippen MR) is 130 cm³/mol. The average Bonchev–Trinajstić information content (AvgIpc) is 2.78. The third-order valence-corrected chi connectivity index (χ3v) is 4.91. The Kier molecular flexibility index (Phi) is 7.96. The molecule has 0 saturated heterocycles. The molecule has 0 fully saturated rings. The minimum Gasteiger partial charge on any atom is -0.493 e. The maximum absolute atomic E-state index is 6.18. The van der Waals surface area contributed by atoms with Crippen molar-refractivity contribution < 1.29 is 9.47 Å². The highest BCUT2D eigenvalue weighted by Crippen LogP contribution is 2.31. The molecule has 6 heteroatoms. The molecule has 0 radical (unpaired) electrons. The summed E-state index contributed by atoms with van der Waals surface area (Å²) >= 11 is 0. The lowest BCUT2D eigenvalue weighted by molar-refractivity contribution is 0.262. The molecular weight excluding hydrogens is 489 g/mol. The van der Waals surface area contributed by atoms with Crippen molar-refractivity contribution in [3.8, 4) is 11.5 Å². The van der Waals surface area contributed by atoms with Crippen molar-refractivity contribution in [3.63, 3.8) is 0 Å². The highest BCUT2D eigenvalue weighted by molar-refractivity contribution is 14.0. The zero-order valence-corrected chi connectivity index (χ0v) is 19.0. The van der Waals surface area contributed by atoms with Gasteiger partial charge in [0.15, 0.2) is 5.96 Å². The number of nitrogens with one attached hydrogen (secondary N) is 1. The largest absolute Gasteiger partial charge is 0.493 e. The average molecular weight is 515 g/mol. The Morgan fingerprint density at radius 3 is 2.60 bits per heavy atom. The van der Waals surface area contributed by atoms with Crippen molar-refractivity contribution in [2.24, 2.45) is 10.7 Å². The SMILES string of the molecule is I.NC(=NCc1ccccc1OCc1ccccc1)NC1CCOc2ccccc21. The first-order valence-electron chi connectivity index (χ1n) is 9.82. The van der Waals surface area contributed by atoms with Crippen molar-refractivity contribution in [3.05, 3.63) is 95.6 Å². The van der Waals surface area contributed by atoms with Crippen LogP contribution in [0.3, 0.4) is 0 Å². The maximum Gasteiger partial charge on any atom is 0.189 e. The number of nitrogens with zero attached hydrogens (tertiary/aromatic N) is 1. The van der Waals surface area contributed by atoms with Crippen LogP contribution in [-0.4, -0.2) is 12.6 Å². The number of rotatable bonds is 6. The molecule has 0 aromatic heterocycles. The van der Waals surface area contributed by atoms with Crippen LogP contribution in [-0.2, 0) is 13.2 Å². The van der Waals surface area contributed by atoms with Gasteiger partial charge in [-0.25, -0.2) is 4.99 Å². The number of ether oxygens (including phenoxy) is 2. The van der Waals surface area contributed by atoms with Crippen LogP contribution in [0.1, 0.15) is 29.2 Å². The van der Waals surface area contributed by atoms with Gasteiger partial charge < -0.3 is 20.5 Å². The molecule has 1 unspecified atom stereocenters. The van der Waals surface area contributed by atoms with Gasteiger partial charge in [-0.05, 0) is 17.7 Å². The Morgan fingerprint density at radius 2 is 1.73 bits per heavy atom. The molecule has 30 heavy (non-hydrogen) atoms. The summed E-state index contributed by atoms with van der Waals surface area (Å²) < 4.78 is 11.7. The number of para-hydroxylation sites is 2. The second-order valence-electron chi connectivity index (χ2n) is 6.96. The number of hydrogen-bond donors (Lipinski definition) is 2. The van der Waals surface area contributed by atoms with Crippen LogP contribution in [0.2, 0.25) is 0 Å². The summed E-state index contributed by atoms with van der Waals surface area (Å²) in [6.07, 6.45) is 0.851. The highest BCUT2D eigenvalue weighted by atomic mass is 127. The van der Waals surface area contributed by atoms with E-state index in [0.29, 0.717) is 25.7 Å². The van der Waals surface area contributed by atoms with Gasteiger partial charge in [-0.15, -0.1) is 24.0 Å². The number of nitrogens with two attached hydrogens (primary N) is 1. The summed E-state index contributed by atoms with van der Waals surface area (Å²) in [7, 11) is 0. The fourth-order valence-electron chi connectivity index (χ4n) is 3.40. The van der Waals surface area contributed by atoms with Crippen molar-refractivity contribution in [2.45, 2.75) is 25.6 Å². The zero-order chi connectivity index (χ0) is 19.9. The molecule has 1 atom stereocenters. The summed E-state index contributed by atoms with van der Waals surface area (Å²) in [5.41, 5.74) is 9.43. The monoisotopic (exact) mass is 515 g/mol. The van der Waals surface area contributed by atoms with Crippen LogP contribution in [0, 0.1) is 0 Å². The van der Waals surface area contributed by atoms with Crippen LogP contribution < -0.4 is 20.5 Å². The summed E-state index contributed by atoms with van der Waals surface area (Å²) in [4.78, 5) is 4.54. The molecule has 3 aromatic carbocycles.